The van der Waals surface area contributed by atoms with Gasteiger partial charge in [-0.2, -0.15) is 0 Å². The molecule has 0 saturated heterocycles. The molecular formula is C11H14BrClFN. The highest BCUT2D eigenvalue weighted by Crippen LogP contribution is 2.27. The van der Waals surface area contributed by atoms with Gasteiger partial charge in [0.25, 0.3) is 0 Å². The Morgan fingerprint density at radius 2 is 2.13 bits per heavy atom. The summed E-state index contributed by atoms with van der Waals surface area (Å²) in [5.74, 6) is 0.692. The molecule has 0 radical (unpaired) electrons. The Labute approximate surface area is 104 Å². The van der Waals surface area contributed by atoms with Gasteiger partial charge in [-0.3, -0.25) is 0 Å². The predicted octanol–water partition coefficient (Wildman–Crippen LogP) is 3.51. The van der Waals surface area contributed by atoms with Crippen molar-refractivity contribution in [1.29, 1.82) is 0 Å². The summed E-state index contributed by atoms with van der Waals surface area (Å²) in [4.78, 5) is 0. The lowest BCUT2D eigenvalue weighted by molar-refractivity contribution is 0.618. The molecule has 84 valence electrons. The van der Waals surface area contributed by atoms with Crippen molar-refractivity contribution in [1.82, 2.24) is 5.32 Å². The number of nitrogens with one attached hydrogen (secondary N) is 1. The van der Waals surface area contributed by atoms with Crippen LogP contribution in [0.2, 0.25) is 0 Å². The van der Waals surface area contributed by atoms with Crippen molar-refractivity contribution in [2.24, 2.45) is 5.92 Å². The lowest BCUT2D eigenvalue weighted by Gasteiger charge is -2.05. The van der Waals surface area contributed by atoms with Gasteiger partial charge in [0.15, 0.2) is 0 Å². The Balaban J connectivity index is 0.00000112. The molecule has 1 aromatic rings. The van der Waals surface area contributed by atoms with Crippen LogP contribution in [0.5, 0.6) is 0 Å². The van der Waals surface area contributed by atoms with Crippen molar-refractivity contribution in [2.45, 2.75) is 19.4 Å². The van der Waals surface area contributed by atoms with Gasteiger partial charge in [0.1, 0.15) is 5.82 Å². The number of hydrogen-bond acceptors (Lipinski definition) is 1. The second kappa shape index (κ2) is 5.83. The molecule has 0 spiro atoms. The Kier molecular flexibility index (Phi) is 5.03. The Bertz CT molecular complexity index is 328. The summed E-state index contributed by atoms with van der Waals surface area (Å²) in [6.07, 6.45) is 2.72. The first-order chi connectivity index (χ1) is 6.75. The minimum absolute atomic E-state index is 0. The van der Waals surface area contributed by atoms with Crippen molar-refractivity contribution in [3.05, 3.63) is 34.1 Å². The van der Waals surface area contributed by atoms with E-state index < -0.39 is 0 Å². The maximum absolute atomic E-state index is 12.8. The first-order valence-corrected chi connectivity index (χ1v) is 5.69. The fourth-order valence-electron chi connectivity index (χ4n) is 1.40. The maximum atomic E-state index is 12.8. The number of rotatable bonds is 4. The minimum atomic E-state index is -0.192. The molecule has 2 rings (SSSR count). The zero-order chi connectivity index (χ0) is 9.97. The molecule has 1 aromatic carbocycles. The molecule has 1 N–H and O–H groups in total. The van der Waals surface area contributed by atoms with E-state index in [1.165, 1.54) is 25.0 Å². The molecule has 15 heavy (non-hydrogen) atoms. The van der Waals surface area contributed by atoms with Gasteiger partial charge >= 0.3 is 0 Å². The summed E-state index contributed by atoms with van der Waals surface area (Å²) in [5, 5.41) is 3.37. The zero-order valence-electron chi connectivity index (χ0n) is 8.30. The van der Waals surface area contributed by atoms with Crippen molar-refractivity contribution >= 4 is 28.3 Å². The van der Waals surface area contributed by atoms with E-state index in [4.69, 9.17) is 0 Å². The topological polar surface area (TPSA) is 12.0 Å². The second-order valence-electron chi connectivity index (χ2n) is 3.81. The van der Waals surface area contributed by atoms with E-state index in [2.05, 4.69) is 21.2 Å². The summed E-state index contributed by atoms with van der Waals surface area (Å²) in [5.41, 5.74) is 1.12. The van der Waals surface area contributed by atoms with Crippen LogP contribution in [0, 0.1) is 11.7 Å². The molecule has 1 aliphatic rings. The highest BCUT2D eigenvalue weighted by Gasteiger charge is 2.20. The fraction of sp³-hybridized carbons (Fsp3) is 0.455. The SMILES string of the molecule is Cl.Fc1ccc(CNCC2CC2)c(Br)c1. The van der Waals surface area contributed by atoms with Gasteiger partial charge in [0, 0.05) is 11.0 Å². The molecule has 0 bridgehead atoms. The molecule has 0 aromatic heterocycles. The van der Waals surface area contributed by atoms with Gasteiger partial charge in [0.2, 0.25) is 0 Å². The summed E-state index contributed by atoms with van der Waals surface area (Å²) in [7, 11) is 0. The fourth-order valence-corrected chi connectivity index (χ4v) is 1.89. The maximum Gasteiger partial charge on any atom is 0.124 e. The van der Waals surface area contributed by atoms with Gasteiger partial charge in [-0.05, 0) is 43.0 Å². The molecular weight excluding hydrogens is 280 g/mol. The van der Waals surface area contributed by atoms with Crippen LogP contribution in [-0.2, 0) is 6.54 Å². The molecule has 0 amide bonds. The third-order valence-electron chi connectivity index (χ3n) is 2.46. The van der Waals surface area contributed by atoms with E-state index in [1.54, 1.807) is 0 Å². The highest BCUT2D eigenvalue weighted by molar-refractivity contribution is 9.10. The number of benzene rings is 1. The molecule has 0 unspecified atom stereocenters. The third kappa shape index (κ3) is 4.09. The number of halogens is 3. The molecule has 1 nitrogen and oxygen atoms in total. The molecule has 0 heterocycles. The van der Waals surface area contributed by atoms with Crippen LogP contribution >= 0.6 is 28.3 Å². The highest BCUT2D eigenvalue weighted by atomic mass is 79.9. The molecule has 0 aliphatic heterocycles. The van der Waals surface area contributed by atoms with Crippen LogP contribution < -0.4 is 5.32 Å². The van der Waals surface area contributed by atoms with Crippen LogP contribution in [0.1, 0.15) is 18.4 Å². The Hall–Kier alpha value is -0.120. The van der Waals surface area contributed by atoms with E-state index in [0.29, 0.717) is 0 Å². The average molecular weight is 295 g/mol. The van der Waals surface area contributed by atoms with Crippen molar-refractivity contribution in [2.75, 3.05) is 6.54 Å². The zero-order valence-corrected chi connectivity index (χ0v) is 10.7. The average Bonchev–Trinajstić information content (AvgIpc) is 2.92. The van der Waals surface area contributed by atoms with Gasteiger partial charge in [-0.15, -0.1) is 12.4 Å². The van der Waals surface area contributed by atoms with Crippen molar-refractivity contribution < 1.29 is 4.39 Å². The molecule has 1 saturated carbocycles. The van der Waals surface area contributed by atoms with E-state index in [9.17, 15) is 4.39 Å². The van der Waals surface area contributed by atoms with Crippen LogP contribution in [0.3, 0.4) is 0 Å². The predicted molar refractivity (Wildman–Crippen MR) is 65.8 cm³/mol. The summed E-state index contributed by atoms with van der Waals surface area (Å²) >= 11 is 3.35. The smallest absolute Gasteiger partial charge is 0.124 e. The minimum Gasteiger partial charge on any atom is -0.312 e. The normalized spacial score (nSPS) is 14.8. The van der Waals surface area contributed by atoms with Crippen LogP contribution in [0.25, 0.3) is 0 Å². The Morgan fingerprint density at radius 1 is 1.40 bits per heavy atom. The van der Waals surface area contributed by atoms with Gasteiger partial charge in [-0.1, -0.05) is 22.0 Å². The first-order valence-electron chi connectivity index (χ1n) is 4.90. The van der Waals surface area contributed by atoms with E-state index in [1.807, 2.05) is 6.07 Å². The van der Waals surface area contributed by atoms with E-state index in [0.717, 1.165) is 29.0 Å². The molecule has 1 fully saturated rings. The quantitative estimate of drug-likeness (QED) is 0.896. The van der Waals surface area contributed by atoms with Crippen LogP contribution in [0.15, 0.2) is 22.7 Å². The Morgan fingerprint density at radius 3 is 2.73 bits per heavy atom. The standard InChI is InChI=1S/C11H13BrFN.ClH/c12-11-5-10(13)4-3-9(11)7-14-6-8-1-2-8;/h3-5,8,14H,1-2,6-7H2;1H. The lowest BCUT2D eigenvalue weighted by Crippen LogP contribution is -2.16. The largest absolute Gasteiger partial charge is 0.312 e. The second-order valence-corrected chi connectivity index (χ2v) is 4.66. The summed E-state index contributed by atoms with van der Waals surface area (Å²) in [6, 6.07) is 4.83. The van der Waals surface area contributed by atoms with Gasteiger partial charge < -0.3 is 5.32 Å². The molecule has 0 atom stereocenters. The van der Waals surface area contributed by atoms with E-state index >= 15 is 0 Å². The monoisotopic (exact) mass is 293 g/mol. The van der Waals surface area contributed by atoms with Crippen LogP contribution in [-0.4, -0.2) is 6.54 Å². The molecule has 4 heteroatoms. The molecule has 1 aliphatic carbocycles. The van der Waals surface area contributed by atoms with Gasteiger partial charge in [0.05, 0.1) is 0 Å². The summed E-state index contributed by atoms with van der Waals surface area (Å²) < 4.78 is 13.6. The van der Waals surface area contributed by atoms with Gasteiger partial charge in [-0.25, -0.2) is 4.39 Å². The van der Waals surface area contributed by atoms with Crippen molar-refractivity contribution in [3.8, 4) is 0 Å². The third-order valence-corrected chi connectivity index (χ3v) is 3.20. The lowest BCUT2D eigenvalue weighted by atomic mass is 10.2. The van der Waals surface area contributed by atoms with Crippen molar-refractivity contribution in [3.63, 3.8) is 0 Å². The summed E-state index contributed by atoms with van der Waals surface area (Å²) in [6.45, 7) is 1.90. The van der Waals surface area contributed by atoms with Crippen LogP contribution in [0.4, 0.5) is 4.39 Å². The first kappa shape index (κ1) is 12.9. The van der Waals surface area contributed by atoms with E-state index in [-0.39, 0.29) is 18.2 Å². The number of hydrogen-bond donors (Lipinski definition) is 1.